The Labute approximate surface area is 142 Å². The van der Waals surface area contributed by atoms with Gasteiger partial charge in [-0.2, -0.15) is 0 Å². The Balaban J connectivity index is 1.97. The standard InChI is InChI=1S/C16H16FN3O5/c1-19(9-11-5-6-13(24-2)12(17)8-11)15(21)10-25-14-4-3-7-18-16(14)20(22)23/h3-8H,9-10H2,1-2H3. The lowest BCUT2D eigenvalue weighted by Crippen LogP contribution is -2.31. The third-order valence-electron chi connectivity index (χ3n) is 3.34. The number of halogens is 1. The molecular formula is C16H16FN3O5. The Hall–Kier alpha value is -3.23. The molecule has 0 N–H and O–H groups in total. The van der Waals surface area contributed by atoms with Gasteiger partial charge in [0, 0.05) is 13.6 Å². The number of amides is 1. The van der Waals surface area contributed by atoms with Gasteiger partial charge in [-0.1, -0.05) is 6.07 Å². The third-order valence-corrected chi connectivity index (χ3v) is 3.34. The number of carbonyl (C=O) groups is 1. The Morgan fingerprint density at radius 3 is 2.76 bits per heavy atom. The molecule has 0 aliphatic rings. The van der Waals surface area contributed by atoms with Crippen LogP contribution in [-0.4, -0.2) is 41.5 Å². The fraction of sp³-hybridized carbons (Fsp3) is 0.250. The number of methoxy groups -OCH3 is 1. The smallest absolute Gasteiger partial charge is 0.406 e. The van der Waals surface area contributed by atoms with Crippen molar-refractivity contribution in [2.45, 2.75) is 6.54 Å². The highest BCUT2D eigenvalue weighted by molar-refractivity contribution is 5.77. The zero-order valence-electron chi connectivity index (χ0n) is 13.6. The first-order valence-electron chi connectivity index (χ1n) is 7.21. The molecule has 0 bridgehead atoms. The average Bonchev–Trinajstić information content (AvgIpc) is 2.59. The van der Waals surface area contributed by atoms with E-state index in [2.05, 4.69) is 4.98 Å². The van der Waals surface area contributed by atoms with E-state index < -0.39 is 29.1 Å². The maximum atomic E-state index is 13.7. The van der Waals surface area contributed by atoms with E-state index in [4.69, 9.17) is 9.47 Å². The van der Waals surface area contributed by atoms with Gasteiger partial charge in [-0.25, -0.2) is 4.39 Å². The predicted octanol–water partition coefficient (Wildman–Crippen LogP) is 2.17. The number of likely N-dealkylation sites (N-methyl/N-ethyl adjacent to an activating group) is 1. The van der Waals surface area contributed by atoms with Crippen molar-refractivity contribution in [2.75, 3.05) is 20.8 Å². The molecule has 0 radical (unpaired) electrons. The van der Waals surface area contributed by atoms with Crippen molar-refractivity contribution in [3.63, 3.8) is 0 Å². The second-order valence-electron chi connectivity index (χ2n) is 5.09. The first-order chi connectivity index (χ1) is 11.9. The molecule has 132 valence electrons. The molecule has 0 aliphatic heterocycles. The van der Waals surface area contributed by atoms with Gasteiger partial charge in [0.15, 0.2) is 18.2 Å². The van der Waals surface area contributed by atoms with Crippen LogP contribution in [0.3, 0.4) is 0 Å². The zero-order valence-corrected chi connectivity index (χ0v) is 13.6. The van der Waals surface area contributed by atoms with E-state index >= 15 is 0 Å². The molecule has 2 aromatic rings. The first kappa shape index (κ1) is 18.1. The Morgan fingerprint density at radius 2 is 2.12 bits per heavy atom. The molecule has 25 heavy (non-hydrogen) atoms. The summed E-state index contributed by atoms with van der Waals surface area (Å²) in [5.74, 6) is -1.39. The fourth-order valence-electron chi connectivity index (χ4n) is 2.05. The van der Waals surface area contributed by atoms with Crippen LogP contribution in [0.5, 0.6) is 11.5 Å². The van der Waals surface area contributed by atoms with Gasteiger partial charge in [0.2, 0.25) is 5.75 Å². The summed E-state index contributed by atoms with van der Waals surface area (Å²) < 4.78 is 23.7. The van der Waals surface area contributed by atoms with Crippen LogP contribution in [0.1, 0.15) is 5.56 Å². The molecule has 1 amide bonds. The maximum absolute atomic E-state index is 13.7. The van der Waals surface area contributed by atoms with E-state index in [1.807, 2.05) is 0 Å². The summed E-state index contributed by atoms with van der Waals surface area (Å²) in [6.45, 7) is -0.250. The first-order valence-corrected chi connectivity index (χ1v) is 7.21. The van der Waals surface area contributed by atoms with E-state index in [1.54, 1.807) is 6.07 Å². The van der Waals surface area contributed by atoms with Gasteiger partial charge in [-0.05, 0) is 39.7 Å². The Morgan fingerprint density at radius 1 is 1.36 bits per heavy atom. The summed E-state index contributed by atoms with van der Waals surface area (Å²) >= 11 is 0. The van der Waals surface area contributed by atoms with Crippen molar-refractivity contribution in [3.05, 3.63) is 58.0 Å². The van der Waals surface area contributed by atoms with Crippen LogP contribution in [0.25, 0.3) is 0 Å². The van der Waals surface area contributed by atoms with E-state index in [1.165, 1.54) is 49.5 Å². The van der Waals surface area contributed by atoms with Crippen molar-refractivity contribution < 1.29 is 23.6 Å². The summed E-state index contributed by atoms with van der Waals surface area (Å²) in [6.07, 6.45) is 1.26. The number of ether oxygens (including phenoxy) is 2. The molecule has 0 saturated heterocycles. The molecule has 1 aromatic heterocycles. The molecule has 2 rings (SSSR count). The number of nitrogens with zero attached hydrogens (tertiary/aromatic N) is 3. The van der Waals surface area contributed by atoms with Crippen LogP contribution in [0.4, 0.5) is 10.2 Å². The molecule has 0 saturated carbocycles. The minimum absolute atomic E-state index is 0.0928. The monoisotopic (exact) mass is 349 g/mol. The minimum atomic E-state index is -0.691. The van der Waals surface area contributed by atoms with Crippen molar-refractivity contribution in [3.8, 4) is 11.5 Å². The number of carbonyl (C=O) groups excluding carboxylic acids is 1. The van der Waals surface area contributed by atoms with Crippen molar-refractivity contribution in [1.82, 2.24) is 9.88 Å². The second kappa shape index (κ2) is 8.04. The highest BCUT2D eigenvalue weighted by atomic mass is 19.1. The molecular weight excluding hydrogens is 333 g/mol. The van der Waals surface area contributed by atoms with Crippen LogP contribution in [0, 0.1) is 15.9 Å². The number of nitro groups is 1. The number of hydrogen-bond acceptors (Lipinski definition) is 6. The minimum Gasteiger partial charge on any atom is -0.494 e. The van der Waals surface area contributed by atoms with Gasteiger partial charge in [-0.3, -0.25) is 4.79 Å². The number of benzene rings is 1. The van der Waals surface area contributed by atoms with Crippen LogP contribution in [0.15, 0.2) is 36.5 Å². The van der Waals surface area contributed by atoms with Crippen LogP contribution >= 0.6 is 0 Å². The molecule has 0 aliphatic carbocycles. The molecule has 0 fully saturated rings. The number of hydrogen-bond donors (Lipinski definition) is 0. The second-order valence-corrected chi connectivity index (χ2v) is 5.09. The molecule has 0 spiro atoms. The van der Waals surface area contributed by atoms with Gasteiger partial charge in [0.1, 0.15) is 6.20 Å². The van der Waals surface area contributed by atoms with Crippen LogP contribution in [-0.2, 0) is 11.3 Å². The highest BCUT2D eigenvalue weighted by Gasteiger charge is 2.18. The third kappa shape index (κ3) is 4.63. The summed E-state index contributed by atoms with van der Waals surface area (Å²) in [5.41, 5.74) is 0.571. The zero-order chi connectivity index (χ0) is 18.4. The van der Waals surface area contributed by atoms with Gasteiger partial charge >= 0.3 is 5.82 Å². The van der Waals surface area contributed by atoms with Crippen LogP contribution in [0.2, 0.25) is 0 Å². The molecule has 1 heterocycles. The van der Waals surface area contributed by atoms with E-state index in [9.17, 15) is 19.3 Å². The van der Waals surface area contributed by atoms with E-state index in [0.29, 0.717) is 5.56 Å². The quantitative estimate of drug-likeness (QED) is 0.562. The van der Waals surface area contributed by atoms with E-state index in [-0.39, 0.29) is 18.0 Å². The van der Waals surface area contributed by atoms with Gasteiger partial charge in [0.05, 0.1) is 7.11 Å². The molecule has 0 unspecified atom stereocenters. The van der Waals surface area contributed by atoms with Crippen molar-refractivity contribution in [2.24, 2.45) is 0 Å². The van der Waals surface area contributed by atoms with Crippen LogP contribution < -0.4 is 9.47 Å². The fourth-order valence-corrected chi connectivity index (χ4v) is 2.05. The number of pyridine rings is 1. The largest absolute Gasteiger partial charge is 0.494 e. The highest BCUT2D eigenvalue weighted by Crippen LogP contribution is 2.23. The Bertz CT molecular complexity index is 784. The molecule has 9 heteroatoms. The summed E-state index contributed by atoms with van der Waals surface area (Å²) in [6, 6.07) is 7.21. The molecule has 0 atom stereocenters. The Kier molecular flexibility index (Phi) is 5.83. The molecule has 8 nitrogen and oxygen atoms in total. The van der Waals surface area contributed by atoms with Gasteiger partial charge < -0.3 is 24.5 Å². The van der Waals surface area contributed by atoms with Crippen molar-refractivity contribution >= 4 is 11.7 Å². The predicted molar refractivity (Wildman–Crippen MR) is 85.8 cm³/mol. The lowest BCUT2D eigenvalue weighted by molar-refractivity contribution is -0.390. The number of aromatic nitrogens is 1. The summed E-state index contributed by atoms with van der Waals surface area (Å²) in [4.78, 5) is 27.2. The van der Waals surface area contributed by atoms with E-state index in [0.717, 1.165) is 0 Å². The number of rotatable bonds is 7. The topological polar surface area (TPSA) is 94.8 Å². The summed E-state index contributed by atoms with van der Waals surface area (Å²) in [7, 11) is 2.88. The maximum Gasteiger partial charge on any atom is 0.406 e. The normalized spacial score (nSPS) is 10.2. The molecule has 1 aromatic carbocycles. The van der Waals surface area contributed by atoms with Gasteiger partial charge in [0.25, 0.3) is 5.91 Å². The van der Waals surface area contributed by atoms with Crippen molar-refractivity contribution in [1.29, 1.82) is 0 Å². The average molecular weight is 349 g/mol. The SMILES string of the molecule is COc1ccc(CN(C)C(=O)COc2cccnc2[N+](=O)[O-])cc1F. The lowest BCUT2D eigenvalue weighted by atomic mass is 10.2. The lowest BCUT2D eigenvalue weighted by Gasteiger charge is -2.17. The summed E-state index contributed by atoms with van der Waals surface area (Å²) in [5, 5.41) is 10.8. The van der Waals surface area contributed by atoms with Gasteiger partial charge in [-0.15, -0.1) is 0 Å².